The van der Waals surface area contributed by atoms with Crippen molar-refractivity contribution >= 4 is 0 Å². The standard InChI is InChI=1S/C12H26N2O/c1-3-5-7-9-12-13-11-14(15-12)10-8-6-4-2/h12-13H,3-11H2,1-2H3. The topological polar surface area (TPSA) is 24.5 Å². The van der Waals surface area contributed by atoms with E-state index in [0.29, 0.717) is 0 Å². The fraction of sp³-hybridized carbons (Fsp3) is 1.00. The third-order valence-corrected chi connectivity index (χ3v) is 2.85. The van der Waals surface area contributed by atoms with E-state index in [1.165, 1.54) is 38.5 Å². The highest BCUT2D eigenvalue weighted by molar-refractivity contribution is 4.61. The molecule has 0 radical (unpaired) electrons. The number of hydrogen-bond donors (Lipinski definition) is 1. The van der Waals surface area contributed by atoms with Crippen LogP contribution in [0.4, 0.5) is 0 Å². The van der Waals surface area contributed by atoms with Crippen molar-refractivity contribution < 1.29 is 4.84 Å². The average Bonchev–Trinajstić information content (AvgIpc) is 2.67. The van der Waals surface area contributed by atoms with Crippen molar-refractivity contribution in [2.45, 2.75) is 65.0 Å². The largest absolute Gasteiger partial charge is 0.279 e. The van der Waals surface area contributed by atoms with Gasteiger partial charge in [0.05, 0.1) is 6.67 Å². The molecule has 90 valence electrons. The number of rotatable bonds is 8. The van der Waals surface area contributed by atoms with Gasteiger partial charge in [-0.15, -0.1) is 0 Å². The van der Waals surface area contributed by atoms with Crippen molar-refractivity contribution in [1.82, 2.24) is 10.4 Å². The van der Waals surface area contributed by atoms with Crippen LogP contribution in [0.1, 0.15) is 58.8 Å². The van der Waals surface area contributed by atoms with E-state index in [1.54, 1.807) is 0 Å². The van der Waals surface area contributed by atoms with Gasteiger partial charge in [-0.1, -0.05) is 39.5 Å². The van der Waals surface area contributed by atoms with E-state index in [9.17, 15) is 0 Å². The van der Waals surface area contributed by atoms with Gasteiger partial charge in [-0.05, 0) is 19.3 Å². The van der Waals surface area contributed by atoms with E-state index in [4.69, 9.17) is 4.84 Å². The zero-order valence-electron chi connectivity index (χ0n) is 10.3. The van der Waals surface area contributed by atoms with Crippen LogP contribution in [0, 0.1) is 0 Å². The molecule has 0 aliphatic carbocycles. The van der Waals surface area contributed by atoms with Crippen molar-refractivity contribution in [1.29, 1.82) is 0 Å². The van der Waals surface area contributed by atoms with Crippen LogP contribution in [0.2, 0.25) is 0 Å². The quantitative estimate of drug-likeness (QED) is 0.629. The lowest BCUT2D eigenvalue weighted by molar-refractivity contribution is -0.148. The fourth-order valence-corrected chi connectivity index (χ4v) is 1.86. The van der Waals surface area contributed by atoms with Crippen molar-refractivity contribution in [3.63, 3.8) is 0 Å². The number of hydrogen-bond acceptors (Lipinski definition) is 3. The summed E-state index contributed by atoms with van der Waals surface area (Å²) in [5, 5.41) is 5.47. The summed E-state index contributed by atoms with van der Waals surface area (Å²) in [4.78, 5) is 5.78. The Hall–Kier alpha value is -0.120. The molecule has 1 saturated heterocycles. The zero-order chi connectivity index (χ0) is 10.9. The Kier molecular flexibility index (Phi) is 6.98. The smallest absolute Gasteiger partial charge is 0.131 e. The molecule has 1 unspecified atom stereocenters. The predicted molar refractivity (Wildman–Crippen MR) is 63.2 cm³/mol. The molecule has 3 heteroatoms. The second kappa shape index (κ2) is 8.08. The summed E-state index contributed by atoms with van der Waals surface area (Å²) in [6.45, 7) is 6.45. The molecule has 1 fully saturated rings. The van der Waals surface area contributed by atoms with Crippen LogP contribution < -0.4 is 5.32 Å². The molecule has 1 rings (SSSR count). The van der Waals surface area contributed by atoms with Crippen LogP contribution in [0.5, 0.6) is 0 Å². The van der Waals surface area contributed by atoms with Crippen LogP contribution in [-0.2, 0) is 4.84 Å². The van der Waals surface area contributed by atoms with Crippen molar-refractivity contribution in [3.05, 3.63) is 0 Å². The van der Waals surface area contributed by atoms with Crippen LogP contribution in [-0.4, -0.2) is 24.5 Å². The average molecular weight is 214 g/mol. The molecule has 0 aromatic heterocycles. The molecule has 3 nitrogen and oxygen atoms in total. The van der Waals surface area contributed by atoms with Gasteiger partial charge < -0.3 is 0 Å². The predicted octanol–water partition coefficient (Wildman–Crippen LogP) is 2.88. The maximum atomic E-state index is 5.78. The monoisotopic (exact) mass is 214 g/mol. The first-order valence-corrected chi connectivity index (χ1v) is 6.52. The van der Waals surface area contributed by atoms with E-state index in [2.05, 4.69) is 24.2 Å². The highest BCUT2D eigenvalue weighted by atomic mass is 16.7. The molecule has 1 atom stereocenters. The lowest BCUT2D eigenvalue weighted by Gasteiger charge is -2.14. The van der Waals surface area contributed by atoms with Gasteiger partial charge in [0, 0.05) is 6.54 Å². The minimum Gasteiger partial charge on any atom is -0.279 e. The Morgan fingerprint density at radius 1 is 1.13 bits per heavy atom. The number of nitrogens with zero attached hydrogens (tertiary/aromatic N) is 1. The summed E-state index contributed by atoms with van der Waals surface area (Å²) >= 11 is 0. The highest BCUT2D eigenvalue weighted by Gasteiger charge is 2.21. The molecule has 1 aliphatic rings. The minimum absolute atomic E-state index is 0.276. The molecule has 0 aromatic rings. The molecule has 0 saturated carbocycles. The Bertz CT molecular complexity index is 137. The van der Waals surface area contributed by atoms with Gasteiger partial charge in [0.2, 0.25) is 0 Å². The first kappa shape index (κ1) is 12.9. The molecule has 15 heavy (non-hydrogen) atoms. The summed E-state index contributed by atoms with van der Waals surface area (Å²) in [6.07, 6.45) is 9.14. The Morgan fingerprint density at radius 3 is 2.60 bits per heavy atom. The maximum absolute atomic E-state index is 5.78. The molecule has 1 N–H and O–H groups in total. The Labute approximate surface area is 94.1 Å². The van der Waals surface area contributed by atoms with E-state index in [-0.39, 0.29) is 6.23 Å². The summed E-state index contributed by atoms with van der Waals surface area (Å²) in [6, 6.07) is 0. The van der Waals surface area contributed by atoms with Crippen LogP contribution in [0.3, 0.4) is 0 Å². The molecule has 0 bridgehead atoms. The fourth-order valence-electron chi connectivity index (χ4n) is 1.86. The Balaban J connectivity index is 1.99. The lowest BCUT2D eigenvalue weighted by Crippen LogP contribution is -2.22. The molecular formula is C12H26N2O. The summed E-state index contributed by atoms with van der Waals surface area (Å²) in [5.74, 6) is 0. The van der Waals surface area contributed by atoms with Crippen molar-refractivity contribution in [2.75, 3.05) is 13.2 Å². The number of hydroxylamine groups is 2. The highest BCUT2D eigenvalue weighted by Crippen LogP contribution is 2.12. The van der Waals surface area contributed by atoms with E-state index >= 15 is 0 Å². The number of nitrogens with one attached hydrogen (secondary N) is 1. The molecule has 0 spiro atoms. The Morgan fingerprint density at radius 2 is 1.87 bits per heavy atom. The van der Waals surface area contributed by atoms with Gasteiger partial charge in [-0.25, -0.2) is 0 Å². The van der Waals surface area contributed by atoms with Crippen LogP contribution in [0.15, 0.2) is 0 Å². The lowest BCUT2D eigenvalue weighted by atomic mass is 10.2. The number of unbranched alkanes of at least 4 members (excludes halogenated alkanes) is 4. The first-order chi connectivity index (χ1) is 7.36. The van der Waals surface area contributed by atoms with Gasteiger partial charge in [0.1, 0.15) is 6.23 Å². The third kappa shape index (κ3) is 5.50. The van der Waals surface area contributed by atoms with Crippen LogP contribution in [0.25, 0.3) is 0 Å². The molecular weight excluding hydrogens is 188 g/mol. The van der Waals surface area contributed by atoms with Gasteiger partial charge in [0.25, 0.3) is 0 Å². The van der Waals surface area contributed by atoms with Crippen molar-refractivity contribution in [3.8, 4) is 0 Å². The van der Waals surface area contributed by atoms with E-state index in [1.807, 2.05) is 0 Å². The van der Waals surface area contributed by atoms with Crippen LogP contribution >= 0.6 is 0 Å². The van der Waals surface area contributed by atoms with Gasteiger partial charge in [0.15, 0.2) is 0 Å². The normalized spacial score (nSPS) is 22.4. The maximum Gasteiger partial charge on any atom is 0.131 e. The molecule has 1 heterocycles. The SMILES string of the molecule is CCCCCC1NCN(CCCCC)O1. The zero-order valence-corrected chi connectivity index (χ0v) is 10.3. The van der Waals surface area contributed by atoms with E-state index < -0.39 is 0 Å². The van der Waals surface area contributed by atoms with E-state index in [0.717, 1.165) is 19.6 Å². The van der Waals surface area contributed by atoms with Gasteiger partial charge in [-0.2, -0.15) is 5.06 Å². The second-order valence-electron chi connectivity index (χ2n) is 4.36. The molecule has 0 aromatic carbocycles. The second-order valence-corrected chi connectivity index (χ2v) is 4.36. The first-order valence-electron chi connectivity index (χ1n) is 6.52. The van der Waals surface area contributed by atoms with Gasteiger partial charge >= 0.3 is 0 Å². The molecule has 0 amide bonds. The minimum atomic E-state index is 0.276. The summed E-state index contributed by atoms with van der Waals surface area (Å²) < 4.78 is 0. The third-order valence-electron chi connectivity index (χ3n) is 2.85. The van der Waals surface area contributed by atoms with Gasteiger partial charge in [-0.3, -0.25) is 10.2 Å². The summed E-state index contributed by atoms with van der Waals surface area (Å²) in [5.41, 5.74) is 0. The molecule has 1 aliphatic heterocycles. The summed E-state index contributed by atoms with van der Waals surface area (Å²) in [7, 11) is 0. The van der Waals surface area contributed by atoms with Crippen molar-refractivity contribution in [2.24, 2.45) is 0 Å².